The SMILES string of the molecule is Cc1cc(C)c(S(=O)(=O)N2CCOCC2(C)C)cc1CN. The maximum Gasteiger partial charge on any atom is 0.243 e. The normalized spacial score (nSPS) is 19.7. The predicted octanol–water partition coefficient (Wildman–Crippen LogP) is 1.56. The second kappa shape index (κ2) is 5.68. The Morgan fingerprint density at radius 1 is 1.29 bits per heavy atom. The van der Waals surface area contributed by atoms with Gasteiger partial charge in [0.1, 0.15) is 0 Å². The molecule has 0 aliphatic carbocycles. The Kier molecular flexibility index (Phi) is 4.44. The molecular weight excluding hydrogens is 288 g/mol. The van der Waals surface area contributed by atoms with Gasteiger partial charge < -0.3 is 10.5 Å². The molecule has 1 aliphatic rings. The van der Waals surface area contributed by atoms with E-state index in [0.717, 1.165) is 16.7 Å². The highest BCUT2D eigenvalue weighted by molar-refractivity contribution is 7.89. The zero-order chi connectivity index (χ0) is 15.8. The summed E-state index contributed by atoms with van der Waals surface area (Å²) in [6.45, 7) is 9.09. The standard InChI is InChI=1S/C15H24N2O3S/c1-11-7-12(2)14(8-13(11)9-16)21(18,19)17-5-6-20-10-15(17,3)4/h7-8H,5-6,9-10,16H2,1-4H3. The van der Waals surface area contributed by atoms with Gasteiger partial charge in [0.2, 0.25) is 10.0 Å². The van der Waals surface area contributed by atoms with Crippen LogP contribution in [0.3, 0.4) is 0 Å². The molecule has 1 aromatic rings. The van der Waals surface area contributed by atoms with Gasteiger partial charge in [0.25, 0.3) is 0 Å². The van der Waals surface area contributed by atoms with Gasteiger partial charge in [0, 0.05) is 13.1 Å². The lowest BCUT2D eigenvalue weighted by molar-refractivity contribution is -0.00772. The quantitative estimate of drug-likeness (QED) is 0.919. The molecule has 1 aliphatic heterocycles. The first-order valence-corrected chi connectivity index (χ1v) is 8.55. The van der Waals surface area contributed by atoms with Gasteiger partial charge in [-0.05, 0) is 50.5 Å². The third-order valence-corrected chi connectivity index (χ3v) is 6.24. The van der Waals surface area contributed by atoms with E-state index in [0.29, 0.717) is 31.2 Å². The van der Waals surface area contributed by atoms with E-state index in [-0.39, 0.29) is 0 Å². The summed E-state index contributed by atoms with van der Waals surface area (Å²) in [6, 6.07) is 3.61. The number of morpholine rings is 1. The smallest absolute Gasteiger partial charge is 0.243 e. The van der Waals surface area contributed by atoms with Crippen LogP contribution in [0.25, 0.3) is 0 Å². The molecule has 5 nitrogen and oxygen atoms in total. The molecule has 0 bridgehead atoms. The topological polar surface area (TPSA) is 72.6 Å². The summed E-state index contributed by atoms with van der Waals surface area (Å²) >= 11 is 0. The van der Waals surface area contributed by atoms with Crippen LogP contribution < -0.4 is 5.73 Å². The Morgan fingerprint density at radius 2 is 1.95 bits per heavy atom. The van der Waals surface area contributed by atoms with Crippen LogP contribution in [0.5, 0.6) is 0 Å². The number of nitrogens with two attached hydrogens (primary N) is 1. The van der Waals surface area contributed by atoms with Gasteiger partial charge in [0.05, 0.1) is 23.6 Å². The van der Waals surface area contributed by atoms with E-state index in [4.69, 9.17) is 10.5 Å². The largest absolute Gasteiger partial charge is 0.378 e. The Labute approximate surface area is 127 Å². The lowest BCUT2D eigenvalue weighted by atomic mass is 10.1. The molecular formula is C15H24N2O3S. The van der Waals surface area contributed by atoms with E-state index in [1.54, 1.807) is 10.4 Å². The molecule has 0 aromatic heterocycles. The fourth-order valence-corrected chi connectivity index (χ4v) is 4.79. The average molecular weight is 312 g/mol. The molecule has 0 radical (unpaired) electrons. The molecule has 21 heavy (non-hydrogen) atoms. The molecule has 0 saturated carbocycles. The van der Waals surface area contributed by atoms with E-state index in [1.807, 2.05) is 33.8 Å². The van der Waals surface area contributed by atoms with Gasteiger partial charge in [-0.3, -0.25) is 0 Å². The number of nitrogens with zero attached hydrogens (tertiary/aromatic N) is 1. The van der Waals surface area contributed by atoms with Crippen molar-refractivity contribution in [1.29, 1.82) is 0 Å². The molecule has 1 saturated heterocycles. The van der Waals surface area contributed by atoms with E-state index in [1.165, 1.54) is 0 Å². The van der Waals surface area contributed by atoms with Gasteiger partial charge in [-0.1, -0.05) is 6.07 Å². The summed E-state index contributed by atoms with van der Waals surface area (Å²) in [5.74, 6) is 0. The molecule has 1 aromatic carbocycles. The van der Waals surface area contributed by atoms with Crippen molar-refractivity contribution in [3.63, 3.8) is 0 Å². The molecule has 0 amide bonds. The first-order chi connectivity index (χ1) is 9.70. The van der Waals surface area contributed by atoms with Crippen LogP contribution in [0, 0.1) is 13.8 Å². The monoisotopic (exact) mass is 312 g/mol. The highest BCUT2D eigenvalue weighted by Crippen LogP contribution is 2.30. The van der Waals surface area contributed by atoms with E-state index < -0.39 is 15.6 Å². The van der Waals surface area contributed by atoms with Crippen molar-refractivity contribution < 1.29 is 13.2 Å². The Balaban J connectivity index is 2.54. The minimum absolute atomic E-state index is 0.334. The summed E-state index contributed by atoms with van der Waals surface area (Å²) in [6.07, 6.45) is 0. The van der Waals surface area contributed by atoms with Crippen molar-refractivity contribution in [1.82, 2.24) is 4.31 Å². The molecule has 0 unspecified atom stereocenters. The van der Waals surface area contributed by atoms with Crippen LogP contribution in [-0.4, -0.2) is 38.0 Å². The number of hydrogen-bond donors (Lipinski definition) is 1. The van der Waals surface area contributed by atoms with E-state index >= 15 is 0 Å². The van der Waals surface area contributed by atoms with Crippen LogP contribution in [-0.2, 0) is 21.3 Å². The van der Waals surface area contributed by atoms with E-state index in [9.17, 15) is 8.42 Å². The zero-order valence-corrected chi connectivity index (χ0v) is 14.0. The van der Waals surface area contributed by atoms with Crippen molar-refractivity contribution in [2.24, 2.45) is 5.73 Å². The van der Waals surface area contributed by atoms with Gasteiger partial charge in [0.15, 0.2) is 0 Å². The molecule has 2 N–H and O–H groups in total. The maximum atomic E-state index is 13.0. The summed E-state index contributed by atoms with van der Waals surface area (Å²) in [5, 5.41) is 0. The van der Waals surface area contributed by atoms with Crippen molar-refractivity contribution in [3.8, 4) is 0 Å². The summed E-state index contributed by atoms with van der Waals surface area (Å²) in [7, 11) is -3.55. The second-order valence-corrected chi connectivity index (χ2v) is 8.02. The van der Waals surface area contributed by atoms with E-state index in [2.05, 4.69) is 0 Å². The number of rotatable bonds is 3. The average Bonchev–Trinajstić information content (AvgIpc) is 2.37. The Hall–Kier alpha value is -0.950. The zero-order valence-electron chi connectivity index (χ0n) is 13.1. The maximum absolute atomic E-state index is 13.0. The van der Waals surface area contributed by atoms with Crippen molar-refractivity contribution in [3.05, 3.63) is 28.8 Å². The van der Waals surface area contributed by atoms with Crippen LogP contribution in [0.1, 0.15) is 30.5 Å². The van der Waals surface area contributed by atoms with Crippen molar-refractivity contribution >= 4 is 10.0 Å². The van der Waals surface area contributed by atoms with Crippen molar-refractivity contribution in [2.45, 2.75) is 44.7 Å². The molecule has 118 valence electrons. The molecule has 1 fully saturated rings. The summed E-state index contributed by atoms with van der Waals surface area (Å²) < 4.78 is 33.0. The highest BCUT2D eigenvalue weighted by Gasteiger charge is 2.40. The van der Waals surface area contributed by atoms with Gasteiger partial charge in [-0.2, -0.15) is 4.31 Å². The van der Waals surface area contributed by atoms with Gasteiger partial charge >= 0.3 is 0 Å². The first kappa shape index (κ1) is 16.4. The van der Waals surface area contributed by atoms with Gasteiger partial charge in [-0.15, -0.1) is 0 Å². The van der Waals surface area contributed by atoms with Crippen molar-refractivity contribution in [2.75, 3.05) is 19.8 Å². The lowest BCUT2D eigenvalue weighted by Crippen LogP contribution is -2.55. The number of hydrogen-bond acceptors (Lipinski definition) is 4. The summed E-state index contributed by atoms with van der Waals surface area (Å²) in [4.78, 5) is 0.350. The molecule has 6 heteroatoms. The third-order valence-electron chi connectivity index (χ3n) is 3.99. The van der Waals surface area contributed by atoms with Crippen LogP contribution in [0.15, 0.2) is 17.0 Å². The summed E-state index contributed by atoms with van der Waals surface area (Å²) in [5.41, 5.74) is 7.82. The van der Waals surface area contributed by atoms with Crippen LogP contribution in [0.2, 0.25) is 0 Å². The number of sulfonamides is 1. The molecule has 1 heterocycles. The van der Waals surface area contributed by atoms with Crippen LogP contribution in [0.4, 0.5) is 0 Å². The first-order valence-electron chi connectivity index (χ1n) is 7.11. The fourth-order valence-electron chi connectivity index (χ4n) is 2.78. The predicted molar refractivity (Wildman–Crippen MR) is 82.6 cm³/mol. The number of aryl methyl sites for hydroxylation is 2. The molecule has 0 spiro atoms. The Morgan fingerprint density at radius 3 is 2.52 bits per heavy atom. The number of benzene rings is 1. The fraction of sp³-hybridized carbons (Fsp3) is 0.600. The van der Waals surface area contributed by atoms with Gasteiger partial charge in [-0.25, -0.2) is 8.42 Å². The van der Waals surface area contributed by atoms with Crippen LogP contribution >= 0.6 is 0 Å². The Bertz CT molecular complexity index is 639. The lowest BCUT2D eigenvalue weighted by Gasteiger charge is -2.41. The third kappa shape index (κ3) is 2.99. The minimum Gasteiger partial charge on any atom is -0.378 e. The second-order valence-electron chi connectivity index (χ2n) is 6.19. The number of ether oxygens (including phenoxy) is 1. The molecule has 2 rings (SSSR count). The minimum atomic E-state index is -3.55. The highest BCUT2D eigenvalue weighted by atomic mass is 32.2. The molecule has 0 atom stereocenters.